The molecule has 100 valence electrons. The molecule has 18 heavy (non-hydrogen) atoms. The Labute approximate surface area is 108 Å². The Balaban J connectivity index is 2.86. The lowest BCUT2D eigenvalue weighted by molar-refractivity contribution is -0.148. The van der Waals surface area contributed by atoms with Crippen LogP contribution in [-0.2, 0) is 19.8 Å². The fourth-order valence-corrected chi connectivity index (χ4v) is 1.74. The van der Waals surface area contributed by atoms with Crippen molar-refractivity contribution in [2.45, 2.75) is 31.9 Å². The highest BCUT2D eigenvalue weighted by Crippen LogP contribution is 2.24. The summed E-state index contributed by atoms with van der Waals surface area (Å²) < 4.78 is 10.3. The molecule has 0 heterocycles. The van der Waals surface area contributed by atoms with Crippen molar-refractivity contribution < 1.29 is 14.3 Å². The van der Waals surface area contributed by atoms with Gasteiger partial charge in [0, 0.05) is 13.0 Å². The van der Waals surface area contributed by atoms with Crippen LogP contribution in [0.15, 0.2) is 30.3 Å². The second-order valence-corrected chi connectivity index (χ2v) is 4.50. The summed E-state index contributed by atoms with van der Waals surface area (Å²) in [5.41, 5.74) is 5.80. The Bertz CT molecular complexity index is 378. The number of carbonyl (C=O) groups excluding carboxylic acids is 1. The zero-order chi connectivity index (χ0) is 13.6. The Morgan fingerprint density at radius 1 is 1.33 bits per heavy atom. The molecule has 4 heteroatoms. The molecule has 0 fully saturated rings. The van der Waals surface area contributed by atoms with Crippen LogP contribution in [0.25, 0.3) is 0 Å². The van der Waals surface area contributed by atoms with E-state index in [1.54, 1.807) is 0 Å². The fraction of sp³-hybridized carbons (Fsp3) is 0.500. The predicted octanol–water partition coefficient (Wildman–Crippen LogP) is 1.83. The van der Waals surface area contributed by atoms with Crippen molar-refractivity contribution >= 4 is 5.97 Å². The summed E-state index contributed by atoms with van der Waals surface area (Å²) in [5.74, 6) is -0.443. The van der Waals surface area contributed by atoms with Crippen molar-refractivity contribution in [3.63, 3.8) is 0 Å². The van der Waals surface area contributed by atoms with Gasteiger partial charge in [0.2, 0.25) is 0 Å². The summed E-state index contributed by atoms with van der Waals surface area (Å²) in [4.78, 5) is 11.9. The van der Waals surface area contributed by atoms with E-state index in [-0.39, 0.29) is 6.10 Å². The number of hydrogen-bond donors (Lipinski definition) is 1. The average molecular weight is 251 g/mol. The number of benzene rings is 1. The standard InChI is InChI=1S/C14H21NO3/c1-11(2)18-10-9-14(15,13(16)17-3)12-7-5-4-6-8-12/h4-8,11H,9-10,15H2,1-3H3. The predicted molar refractivity (Wildman–Crippen MR) is 70.0 cm³/mol. The lowest BCUT2D eigenvalue weighted by Crippen LogP contribution is -2.46. The van der Waals surface area contributed by atoms with Gasteiger partial charge in [0.25, 0.3) is 0 Å². The molecule has 4 nitrogen and oxygen atoms in total. The molecule has 0 aliphatic carbocycles. The maximum Gasteiger partial charge on any atom is 0.330 e. The van der Waals surface area contributed by atoms with E-state index in [2.05, 4.69) is 0 Å². The minimum absolute atomic E-state index is 0.114. The smallest absolute Gasteiger partial charge is 0.330 e. The topological polar surface area (TPSA) is 61.5 Å². The van der Waals surface area contributed by atoms with Crippen molar-refractivity contribution in [3.05, 3.63) is 35.9 Å². The zero-order valence-corrected chi connectivity index (χ0v) is 11.2. The average Bonchev–Trinajstić information content (AvgIpc) is 2.38. The van der Waals surface area contributed by atoms with Crippen molar-refractivity contribution in [1.82, 2.24) is 0 Å². The van der Waals surface area contributed by atoms with Crippen molar-refractivity contribution in [2.24, 2.45) is 5.73 Å². The van der Waals surface area contributed by atoms with E-state index in [1.807, 2.05) is 44.2 Å². The van der Waals surface area contributed by atoms with Crippen LogP contribution in [-0.4, -0.2) is 25.8 Å². The van der Waals surface area contributed by atoms with Gasteiger partial charge in [-0.05, 0) is 19.4 Å². The Hall–Kier alpha value is -1.39. The van der Waals surface area contributed by atoms with E-state index in [9.17, 15) is 4.79 Å². The van der Waals surface area contributed by atoms with Crippen LogP contribution in [0.1, 0.15) is 25.8 Å². The summed E-state index contributed by atoms with van der Waals surface area (Å²) in [5, 5.41) is 0. The van der Waals surface area contributed by atoms with Gasteiger partial charge in [0.1, 0.15) is 5.54 Å². The van der Waals surface area contributed by atoms with Crippen molar-refractivity contribution in [2.75, 3.05) is 13.7 Å². The summed E-state index contributed by atoms with van der Waals surface area (Å²) in [7, 11) is 1.34. The molecule has 0 amide bonds. The van der Waals surface area contributed by atoms with Gasteiger partial charge < -0.3 is 15.2 Å². The van der Waals surface area contributed by atoms with Crippen molar-refractivity contribution in [3.8, 4) is 0 Å². The van der Waals surface area contributed by atoms with E-state index in [0.717, 1.165) is 5.56 Å². The zero-order valence-electron chi connectivity index (χ0n) is 11.2. The highest BCUT2D eigenvalue weighted by atomic mass is 16.5. The molecular formula is C14H21NO3. The second kappa shape index (κ2) is 6.52. The molecule has 0 aliphatic heterocycles. The number of rotatable bonds is 6. The number of hydrogen-bond acceptors (Lipinski definition) is 4. The van der Waals surface area contributed by atoms with Crippen LogP contribution in [0.4, 0.5) is 0 Å². The molecule has 0 bridgehead atoms. The maximum absolute atomic E-state index is 11.9. The summed E-state index contributed by atoms with van der Waals surface area (Å²) >= 11 is 0. The van der Waals surface area contributed by atoms with Gasteiger partial charge in [0.05, 0.1) is 13.2 Å². The third-order valence-corrected chi connectivity index (χ3v) is 2.79. The Morgan fingerprint density at radius 3 is 2.44 bits per heavy atom. The van der Waals surface area contributed by atoms with E-state index in [1.165, 1.54) is 7.11 Å². The van der Waals surface area contributed by atoms with Gasteiger partial charge in [0.15, 0.2) is 0 Å². The molecule has 1 aromatic carbocycles. The maximum atomic E-state index is 11.9. The molecule has 0 spiro atoms. The first-order chi connectivity index (χ1) is 8.50. The molecule has 0 aromatic heterocycles. The molecule has 1 aromatic rings. The normalized spacial score (nSPS) is 14.3. The van der Waals surface area contributed by atoms with Crippen LogP contribution < -0.4 is 5.73 Å². The lowest BCUT2D eigenvalue weighted by Gasteiger charge is -2.27. The molecule has 0 saturated heterocycles. The largest absolute Gasteiger partial charge is 0.467 e. The van der Waals surface area contributed by atoms with E-state index in [4.69, 9.17) is 15.2 Å². The van der Waals surface area contributed by atoms with Gasteiger partial charge in [-0.1, -0.05) is 30.3 Å². The monoisotopic (exact) mass is 251 g/mol. The van der Waals surface area contributed by atoms with Crippen LogP contribution >= 0.6 is 0 Å². The first-order valence-corrected chi connectivity index (χ1v) is 6.05. The van der Waals surface area contributed by atoms with E-state index in [0.29, 0.717) is 13.0 Å². The number of esters is 1. The summed E-state index contributed by atoms with van der Waals surface area (Å²) in [6.07, 6.45) is 0.504. The molecular weight excluding hydrogens is 230 g/mol. The fourth-order valence-electron chi connectivity index (χ4n) is 1.74. The Kier molecular flexibility index (Phi) is 5.31. The van der Waals surface area contributed by atoms with Gasteiger partial charge in [-0.25, -0.2) is 4.79 Å². The molecule has 1 unspecified atom stereocenters. The third kappa shape index (κ3) is 3.55. The number of nitrogens with two attached hydrogens (primary N) is 1. The molecule has 0 aliphatic rings. The van der Waals surface area contributed by atoms with Crippen molar-refractivity contribution in [1.29, 1.82) is 0 Å². The van der Waals surface area contributed by atoms with Gasteiger partial charge in [-0.15, -0.1) is 0 Å². The SMILES string of the molecule is COC(=O)C(N)(CCOC(C)C)c1ccccc1. The van der Waals surface area contributed by atoms with E-state index < -0.39 is 11.5 Å². The minimum Gasteiger partial charge on any atom is -0.467 e. The van der Waals surface area contributed by atoms with E-state index >= 15 is 0 Å². The van der Waals surface area contributed by atoms with Gasteiger partial charge in [-0.2, -0.15) is 0 Å². The van der Waals surface area contributed by atoms with Gasteiger partial charge >= 0.3 is 5.97 Å². The molecule has 1 atom stereocenters. The highest BCUT2D eigenvalue weighted by molar-refractivity contribution is 5.82. The lowest BCUT2D eigenvalue weighted by atomic mass is 9.88. The number of methoxy groups -OCH3 is 1. The summed E-state index contributed by atoms with van der Waals surface area (Å²) in [6.45, 7) is 4.30. The van der Waals surface area contributed by atoms with Crippen LogP contribution in [0.3, 0.4) is 0 Å². The molecule has 0 radical (unpaired) electrons. The summed E-state index contributed by atoms with van der Waals surface area (Å²) in [6, 6.07) is 9.23. The highest BCUT2D eigenvalue weighted by Gasteiger charge is 2.36. The number of carbonyl (C=O) groups is 1. The van der Waals surface area contributed by atoms with Crippen LogP contribution in [0.5, 0.6) is 0 Å². The molecule has 0 saturated carbocycles. The van der Waals surface area contributed by atoms with Gasteiger partial charge in [-0.3, -0.25) is 0 Å². The second-order valence-electron chi connectivity index (χ2n) is 4.50. The minimum atomic E-state index is -1.15. The quantitative estimate of drug-likeness (QED) is 0.783. The molecule has 2 N–H and O–H groups in total. The Morgan fingerprint density at radius 2 is 1.94 bits per heavy atom. The first-order valence-electron chi connectivity index (χ1n) is 6.05. The molecule has 1 rings (SSSR count). The van der Waals surface area contributed by atoms with Crippen LogP contribution in [0, 0.1) is 0 Å². The number of ether oxygens (including phenoxy) is 2. The first kappa shape index (κ1) is 14.7. The third-order valence-electron chi connectivity index (χ3n) is 2.79. The van der Waals surface area contributed by atoms with Crippen LogP contribution in [0.2, 0.25) is 0 Å².